The number of alkyl halides is 6. The monoisotopic (exact) mass is 532 g/mol. The van der Waals surface area contributed by atoms with Crippen LogP contribution in [-0.4, -0.2) is 30.2 Å². The second-order valence-corrected chi connectivity index (χ2v) is 7.84. The maximum atomic E-state index is 12.6. The van der Waals surface area contributed by atoms with Crippen LogP contribution in [0.25, 0.3) is 6.08 Å². The van der Waals surface area contributed by atoms with E-state index in [1.54, 1.807) is 25.3 Å². The van der Waals surface area contributed by atoms with E-state index >= 15 is 0 Å². The van der Waals surface area contributed by atoms with Gasteiger partial charge in [0.05, 0.1) is 5.69 Å². The summed E-state index contributed by atoms with van der Waals surface area (Å²) >= 11 is 3.05. The molecule has 0 spiro atoms. The van der Waals surface area contributed by atoms with Gasteiger partial charge in [-0.2, -0.15) is 26.3 Å². The molecule has 6 nitrogen and oxygen atoms in total. The molecule has 0 atom stereocenters. The molecule has 0 saturated heterocycles. The van der Waals surface area contributed by atoms with Crippen molar-refractivity contribution in [1.29, 1.82) is 0 Å². The number of hydrogen-bond donors (Lipinski definition) is 1. The molecule has 0 aliphatic carbocycles. The Kier molecular flexibility index (Phi) is 8.74. The summed E-state index contributed by atoms with van der Waals surface area (Å²) in [5.74, 6) is -1.77. The standard InChI is InChI=1S/C10H11F3N2O2.C9H12BrF3N2/c1-4-6-14-8(10(11,12)13)7(9(16)17)15(6)5(2)3;1-4-6-7(9(11,12)13)14-8(10)15(6)5(2)3/h4-5H,1H2,2-3H3,(H,16,17);5H,4H2,1-3H3. The third kappa shape index (κ3) is 5.93. The fraction of sp³-hybridized carbons (Fsp3) is 0.526. The normalized spacial score (nSPS) is 12.2. The number of hydrogen-bond acceptors (Lipinski definition) is 3. The molecule has 2 rings (SSSR count). The highest BCUT2D eigenvalue weighted by molar-refractivity contribution is 9.10. The Morgan fingerprint density at radius 3 is 1.81 bits per heavy atom. The van der Waals surface area contributed by atoms with Crippen LogP contribution in [0.3, 0.4) is 0 Å². The van der Waals surface area contributed by atoms with Crippen LogP contribution in [0.5, 0.6) is 0 Å². The third-order valence-electron chi connectivity index (χ3n) is 4.20. The highest BCUT2D eigenvalue weighted by Gasteiger charge is 2.41. The third-order valence-corrected chi connectivity index (χ3v) is 4.75. The van der Waals surface area contributed by atoms with Crippen molar-refractivity contribution in [1.82, 2.24) is 19.1 Å². The Balaban J connectivity index is 0.000000323. The van der Waals surface area contributed by atoms with Gasteiger partial charge in [-0.25, -0.2) is 14.8 Å². The number of nitrogens with zero attached hydrogens (tertiary/aromatic N) is 4. The average Bonchev–Trinajstić information content (AvgIpc) is 3.19. The minimum absolute atomic E-state index is 0.0436. The minimum Gasteiger partial charge on any atom is -0.477 e. The summed E-state index contributed by atoms with van der Waals surface area (Å²) in [6.07, 6.45) is -7.77. The second-order valence-electron chi connectivity index (χ2n) is 7.13. The van der Waals surface area contributed by atoms with Crippen LogP contribution in [0.4, 0.5) is 26.3 Å². The van der Waals surface area contributed by atoms with Gasteiger partial charge in [0, 0.05) is 12.1 Å². The van der Waals surface area contributed by atoms with Gasteiger partial charge >= 0.3 is 18.3 Å². The highest BCUT2D eigenvalue weighted by atomic mass is 79.9. The van der Waals surface area contributed by atoms with Crippen molar-refractivity contribution in [2.75, 3.05) is 0 Å². The first-order chi connectivity index (χ1) is 14.5. The first-order valence-corrected chi connectivity index (χ1v) is 10.2. The number of carboxylic acids is 1. The summed E-state index contributed by atoms with van der Waals surface area (Å²) in [6, 6.07) is -0.504. The largest absolute Gasteiger partial charge is 0.477 e. The summed E-state index contributed by atoms with van der Waals surface area (Å²) in [6.45, 7) is 11.8. The van der Waals surface area contributed by atoms with E-state index in [9.17, 15) is 31.1 Å². The Bertz CT molecular complexity index is 974. The molecule has 0 amide bonds. The maximum absolute atomic E-state index is 12.6. The second kappa shape index (κ2) is 10.1. The molecule has 0 aromatic carbocycles. The smallest absolute Gasteiger partial charge is 0.435 e. The van der Waals surface area contributed by atoms with Crippen molar-refractivity contribution in [2.45, 2.75) is 65.5 Å². The molecule has 32 heavy (non-hydrogen) atoms. The van der Waals surface area contributed by atoms with E-state index in [2.05, 4.69) is 32.5 Å². The molecule has 1 N–H and O–H groups in total. The molecule has 180 valence electrons. The number of carbonyl (C=O) groups is 1. The predicted molar refractivity (Wildman–Crippen MR) is 109 cm³/mol. The molecular weight excluding hydrogens is 510 g/mol. The zero-order valence-corrected chi connectivity index (χ0v) is 19.5. The molecule has 0 radical (unpaired) electrons. The summed E-state index contributed by atoms with van der Waals surface area (Å²) in [4.78, 5) is 17.7. The molecule has 2 aromatic rings. The highest BCUT2D eigenvalue weighted by Crippen LogP contribution is 2.35. The molecule has 0 bridgehead atoms. The first kappa shape index (κ1) is 27.7. The van der Waals surface area contributed by atoms with E-state index in [4.69, 9.17) is 5.11 Å². The molecule has 0 saturated carbocycles. The number of carboxylic acid groups (broad SMARTS) is 1. The lowest BCUT2D eigenvalue weighted by Gasteiger charge is -2.13. The fourth-order valence-electron chi connectivity index (χ4n) is 3.04. The molecule has 2 heterocycles. The number of aromatic carboxylic acids is 1. The van der Waals surface area contributed by atoms with Crippen molar-refractivity contribution in [3.05, 3.63) is 39.9 Å². The summed E-state index contributed by atoms with van der Waals surface area (Å²) < 4.78 is 78.5. The minimum atomic E-state index is -4.80. The van der Waals surface area contributed by atoms with E-state index in [1.165, 1.54) is 0 Å². The van der Waals surface area contributed by atoms with Crippen LogP contribution in [-0.2, 0) is 18.8 Å². The Morgan fingerprint density at radius 1 is 1.03 bits per heavy atom. The van der Waals surface area contributed by atoms with Crippen LogP contribution >= 0.6 is 15.9 Å². The van der Waals surface area contributed by atoms with Gasteiger partial charge in [-0.15, -0.1) is 0 Å². The van der Waals surface area contributed by atoms with E-state index < -0.39 is 41.4 Å². The van der Waals surface area contributed by atoms with Crippen molar-refractivity contribution in [3.8, 4) is 0 Å². The summed E-state index contributed by atoms with van der Waals surface area (Å²) in [5, 5.41) is 8.87. The lowest BCUT2D eigenvalue weighted by Crippen LogP contribution is -2.17. The van der Waals surface area contributed by atoms with Gasteiger partial charge in [0.15, 0.2) is 21.8 Å². The van der Waals surface area contributed by atoms with Crippen molar-refractivity contribution < 1.29 is 36.2 Å². The number of aromatic nitrogens is 4. The quantitative estimate of drug-likeness (QED) is 0.438. The lowest BCUT2D eigenvalue weighted by atomic mass is 10.2. The molecule has 0 aliphatic heterocycles. The van der Waals surface area contributed by atoms with Gasteiger partial charge in [0.1, 0.15) is 5.82 Å². The van der Waals surface area contributed by atoms with Crippen LogP contribution in [0.15, 0.2) is 11.3 Å². The van der Waals surface area contributed by atoms with E-state index in [-0.39, 0.29) is 22.3 Å². The van der Waals surface area contributed by atoms with Crippen LogP contribution in [0.2, 0.25) is 0 Å². The van der Waals surface area contributed by atoms with Gasteiger partial charge < -0.3 is 14.2 Å². The molecule has 0 fully saturated rings. The van der Waals surface area contributed by atoms with Crippen LogP contribution in [0, 0.1) is 0 Å². The summed E-state index contributed by atoms with van der Waals surface area (Å²) in [7, 11) is 0. The SMILES string of the molecule is C=Cc1nc(C(F)(F)F)c(C(=O)O)n1C(C)C.CCc1c(C(F)(F)F)nc(Br)n1C(C)C. The molecule has 2 aromatic heterocycles. The van der Waals surface area contributed by atoms with Crippen molar-refractivity contribution >= 4 is 28.0 Å². The maximum Gasteiger partial charge on any atom is 0.435 e. The van der Waals surface area contributed by atoms with Crippen molar-refractivity contribution in [2.24, 2.45) is 0 Å². The van der Waals surface area contributed by atoms with Gasteiger partial charge in [-0.05, 0) is 56.1 Å². The topological polar surface area (TPSA) is 72.9 Å². The van der Waals surface area contributed by atoms with Gasteiger partial charge in [-0.3, -0.25) is 0 Å². The summed E-state index contributed by atoms with van der Waals surface area (Å²) in [5.41, 5.74) is -2.81. The fourth-order valence-corrected chi connectivity index (χ4v) is 3.85. The Labute approximate surface area is 189 Å². The lowest BCUT2D eigenvalue weighted by molar-refractivity contribution is -0.142. The Morgan fingerprint density at radius 2 is 1.50 bits per heavy atom. The predicted octanol–water partition coefficient (Wildman–Crippen LogP) is 6.63. The molecule has 0 unspecified atom stereocenters. The zero-order valence-electron chi connectivity index (χ0n) is 17.9. The number of halogens is 7. The van der Waals surface area contributed by atoms with E-state index in [1.807, 2.05) is 13.8 Å². The van der Waals surface area contributed by atoms with E-state index in [0.717, 1.165) is 10.6 Å². The molecule has 0 aliphatic rings. The first-order valence-electron chi connectivity index (χ1n) is 9.37. The van der Waals surface area contributed by atoms with Crippen LogP contribution in [0.1, 0.15) is 80.1 Å². The van der Waals surface area contributed by atoms with E-state index in [0.29, 0.717) is 6.42 Å². The number of rotatable bonds is 5. The average molecular weight is 533 g/mol. The van der Waals surface area contributed by atoms with Gasteiger partial charge in [0.2, 0.25) is 0 Å². The van der Waals surface area contributed by atoms with Crippen LogP contribution < -0.4 is 0 Å². The van der Waals surface area contributed by atoms with Gasteiger partial charge in [-0.1, -0.05) is 13.5 Å². The molecular formula is C19H23BrF6N4O2. The zero-order chi connectivity index (χ0) is 25.2. The number of imidazole rings is 2. The Hall–Kier alpha value is -2.31. The molecule has 13 heteroatoms. The van der Waals surface area contributed by atoms with Gasteiger partial charge in [0.25, 0.3) is 0 Å². The van der Waals surface area contributed by atoms with Crippen molar-refractivity contribution in [3.63, 3.8) is 0 Å².